The lowest BCUT2D eigenvalue weighted by molar-refractivity contribution is -0.389. The van der Waals surface area contributed by atoms with E-state index < -0.39 is 22.8 Å². The van der Waals surface area contributed by atoms with Gasteiger partial charge in [-0.05, 0) is 17.8 Å². The van der Waals surface area contributed by atoms with Crippen molar-refractivity contribution in [2.75, 3.05) is 6.54 Å². The van der Waals surface area contributed by atoms with Crippen LogP contribution in [0, 0.1) is 10.1 Å². The number of carboxylic acids is 1. The molecule has 1 fully saturated rings. The average molecular weight is 268 g/mol. The molecule has 1 saturated heterocycles. The fourth-order valence-corrected chi connectivity index (χ4v) is 2.09. The predicted octanol–water partition coefficient (Wildman–Crippen LogP) is -0.133. The molecule has 1 unspecified atom stereocenters. The first-order chi connectivity index (χ1) is 8.99. The highest BCUT2D eigenvalue weighted by Crippen LogP contribution is 2.18. The first kappa shape index (κ1) is 13.0. The second-order valence-corrected chi connectivity index (χ2v) is 4.21. The summed E-state index contributed by atoms with van der Waals surface area (Å²) in [5.74, 6) is -1.77. The number of aromatic nitrogens is 2. The van der Waals surface area contributed by atoms with Crippen LogP contribution in [0.2, 0.25) is 0 Å². The molecule has 0 aromatic carbocycles. The van der Waals surface area contributed by atoms with E-state index in [1.807, 2.05) is 0 Å². The Morgan fingerprint density at radius 2 is 2.32 bits per heavy atom. The molecule has 0 spiro atoms. The van der Waals surface area contributed by atoms with Gasteiger partial charge in [-0.2, -0.15) is 4.68 Å². The van der Waals surface area contributed by atoms with E-state index >= 15 is 0 Å². The summed E-state index contributed by atoms with van der Waals surface area (Å²) < 4.78 is 1.14. The van der Waals surface area contributed by atoms with Crippen LogP contribution in [0.25, 0.3) is 0 Å². The topological polar surface area (TPSA) is 119 Å². The highest BCUT2D eigenvalue weighted by atomic mass is 16.6. The van der Waals surface area contributed by atoms with Crippen LogP contribution in [-0.2, 0) is 16.1 Å². The molecule has 1 N–H and O–H groups in total. The first-order valence-electron chi connectivity index (χ1n) is 5.69. The highest BCUT2D eigenvalue weighted by Gasteiger charge is 2.34. The van der Waals surface area contributed by atoms with Crippen molar-refractivity contribution >= 4 is 17.7 Å². The van der Waals surface area contributed by atoms with E-state index in [2.05, 4.69) is 5.10 Å². The summed E-state index contributed by atoms with van der Waals surface area (Å²) in [7, 11) is 0. The van der Waals surface area contributed by atoms with Crippen molar-refractivity contribution in [3.05, 3.63) is 22.4 Å². The number of nitrogens with zero attached hydrogens (tertiary/aromatic N) is 4. The number of rotatable bonds is 4. The standard InChI is InChI=1S/C10H12N4O5/c15-9(13-4-1-2-7(13)10(16)17)6-12-5-3-8(11-12)14(18)19/h3,5,7H,1-2,4,6H2,(H,16,17). The average Bonchev–Trinajstić information content (AvgIpc) is 2.96. The van der Waals surface area contributed by atoms with Crippen molar-refractivity contribution in [3.8, 4) is 0 Å². The molecule has 102 valence electrons. The molecule has 2 heterocycles. The molecule has 1 atom stereocenters. The van der Waals surface area contributed by atoms with Gasteiger partial charge in [-0.1, -0.05) is 0 Å². The smallest absolute Gasteiger partial charge is 0.389 e. The third-order valence-corrected chi connectivity index (χ3v) is 2.97. The van der Waals surface area contributed by atoms with Crippen molar-refractivity contribution in [3.63, 3.8) is 0 Å². The molecular weight excluding hydrogens is 256 g/mol. The van der Waals surface area contributed by atoms with Gasteiger partial charge in [-0.15, -0.1) is 0 Å². The lowest BCUT2D eigenvalue weighted by atomic mass is 10.2. The van der Waals surface area contributed by atoms with Crippen molar-refractivity contribution in [2.45, 2.75) is 25.4 Å². The lowest BCUT2D eigenvalue weighted by Gasteiger charge is -2.20. The molecule has 9 heteroatoms. The van der Waals surface area contributed by atoms with E-state index in [-0.39, 0.29) is 12.4 Å². The summed E-state index contributed by atoms with van der Waals surface area (Å²) in [6.45, 7) is 0.191. The molecule has 0 aliphatic carbocycles. The lowest BCUT2D eigenvalue weighted by Crippen LogP contribution is -2.42. The van der Waals surface area contributed by atoms with E-state index in [0.717, 1.165) is 4.68 Å². The third kappa shape index (κ3) is 2.69. The summed E-state index contributed by atoms with van der Waals surface area (Å²) >= 11 is 0. The van der Waals surface area contributed by atoms with Gasteiger partial charge in [0.25, 0.3) is 0 Å². The number of carboxylic acid groups (broad SMARTS) is 1. The molecule has 1 aromatic heterocycles. The molecule has 1 aromatic rings. The van der Waals surface area contributed by atoms with Crippen molar-refractivity contribution in [2.24, 2.45) is 0 Å². The van der Waals surface area contributed by atoms with Crippen LogP contribution in [-0.4, -0.2) is 49.2 Å². The van der Waals surface area contributed by atoms with Crippen molar-refractivity contribution in [1.29, 1.82) is 0 Å². The largest absolute Gasteiger partial charge is 0.480 e. The van der Waals surface area contributed by atoms with Gasteiger partial charge in [0, 0.05) is 6.54 Å². The Bertz CT molecular complexity index is 526. The number of carbonyl (C=O) groups is 2. The van der Waals surface area contributed by atoms with E-state index in [9.17, 15) is 19.7 Å². The van der Waals surface area contributed by atoms with Crippen LogP contribution in [0.5, 0.6) is 0 Å². The molecule has 0 saturated carbocycles. The number of likely N-dealkylation sites (tertiary alicyclic amines) is 1. The minimum atomic E-state index is -1.03. The first-order valence-corrected chi connectivity index (χ1v) is 5.69. The summed E-state index contributed by atoms with van der Waals surface area (Å²) in [5.41, 5.74) is 0. The SMILES string of the molecule is O=C(O)C1CCCN1C(=O)Cn1ccc([N+](=O)[O-])n1. The van der Waals surface area contributed by atoms with Gasteiger partial charge in [0.15, 0.2) is 0 Å². The van der Waals surface area contributed by atoms with E-state index in [0.29, 0.717) is 19.4 Å². The van der Waals surface area contributed by atoms with Gasteiger partial charge in [0.1, 0.15) is 12.6 Å². The van der Waals surface area contributed by atoms with Crippen LogP contribution < -0.4 is 0 Å². The molecule has 1 aliphatic rings. The predicted molar refractivity (Wildman–Crippen MR) is 61.3 cm³/mol. The van der Waals surface area contributed by atoms with Crippen molar-refractivity contribution < 1.29 is 19.6 Å². The second kappa shape index (κ2) is 5.04. The van der Waals surface area contributed by atoms with Gasteiger partial charge in [-0.25, -0.2) is 4.79 Å². The maximum absolute atomic E-state index is 11.9. The van der Waals surface area contributed by atoms with Crippen LogP contribution in [0.4, 0.5) is 5.82 Å². The molecular formula is C10H12N4O5. The van der Waals surface area contributed by atoms with Crippen molar-refractivity contribution in [1.82, 2.24) is 14.7 Å². The Balaban J connectivity index is 2.04. The minimum absolute atomic E-state index is 0.197. The number of nitro groups is 1. The quantitative estimate of drug-likeness (QED) is 0.600. The van der Waals surface area contributed by atoms with E-state index in [4.69, 9.17) is 5.11 Å². The summed E-state index contributed by atoms with van der Waals surface area (Å²) in [6, 6.07) is 0.379. The Hall–Kier alpha value is -2.45. The fourth-order valence-electron chi connectivity index (χ4n) is 2.09. The van der Waals surface area contributed by atoms with Gasteiger partial charge < -0.3 is 20.1 Å². The number of aliphatic carboxylic acids is 1. The molecule has 2 rings (SSSR count). The Morgan fingerprint density at radius 1 is 1.58 bits per heavy atom. The summed E-state index contributed by atoms with van der Waals surface area (Å²) in [6.07, 6.45) is 2.39. The number of hydrogen-bond donors (Lipinski definition) is 1. The Kier molecular flexibility index (Phi) is 3.45. The molecule has 9 nitrogen and oxygen atoms in total. The zero-order valence-electron chi connectivity index (χ0n) is 9.93. The number of amides is 1. The normalized spacial score (nSPS) is 18.5. The summed E-state index contributed by atoms with van der Waals surface area (Å²) in [5, 5.41) is 23.0. The Morgan fingerprint density at radius 3 is 2.89 bits per heavy atom. The minimum Gasteiger partial charge on any atom is -0.480 e. The van der Waals surface area contributed by atoms with Gasteiger partial charge in [-0.3, -0.25) is 4.79 Å². The Labute approximate surface area is 107 Å². The van der Waals surface area contributed by atoms with Gasteiger partial charge >= 0.3 is 11.8 Å². The monoisotopic (exact) mass is 268 g/mol. The number of carbonyl (C=O) groups excluding carboxylic acids is 1. The van der Waals surface area contributed by atoms with Crippen LogP contribution >= 0.6 is 0 Å². The fraction of sp³-hybridized carbons (Fsp3) is 0.500. The van der Waals surface area contributed by atoms with Crippen LogP contribution in [0.3, 0.4) is 0 Å². The maximum atomic E-state index is 11.9. The van der Waals surface area contributed by atoms with E-state index in [1.165, 1.54) is 17.2 Å². The zero-order chi connectivity index (χ0) is 14.0. The van der Waals surface area contributed by atoms with Gasteiger partial charge in [0.2, 0.25) is 5.91 Å². The summed E-state index contributed by atoms with van der Waals surface area (Å²) in [4.78, 5) is 34.0. The molecule has 19 heavy (non-hydrogen) atoms. The highest BCUT2D eigenvalue weighted by molar-refractivity contribution is 5.84. The third-order valence-electron chi connectivity index (χ3n) is 2.97. The molecule has 1 aliphatic heterocycles. The number of hydrogen-bond acceptors (Lipinski definition) is 5. The maximum Gasteiger partial charge on any atom is 0.389 e. The molecule has 0 radical (unpaired) electrons. The zero-order valence-corrected chi connectivity index (χ0v) is 9.93. The molecule has 0 bridgehead atoms. The second-order valence-electron chi connectivity index (χ2n) is 4.21. The van der Waals surface area contributed by atoms with Crippen LogP contribution in [0.15, 0.2) is 12.3 Å². The molecule has 1 amide bonds. The van der Waals surface area contributed by atoms with E-state index in [1.54, 1.807) is 0 Å². The van der Waals surface area contributed by atoms with Gasteiger partial charge in [0.05, 0.1) is 17.4 Å². The van der Waals surface area contributed by atoms with Crippen LogP contribution in [0.1, 0.15) is 12.8 Å².